The number of hydrogen-bond acceptors (Lipinski definition) is 3. The Balaban J connectivity index is 1.67. The van der Waals surface area contributed by atoms with Crippen LogP contribution in [0.1, 0.15) is 27.9 Å². The van der Waals surface area contributed by atoms with E-state index >= 15 is 0 Å². The van der Waals surface area contributed by atoms with Gasteiger partial charge in [0.25, 0.3) is 5.91 Å². The molecule has 5 heteroatoms. The van der Waals surface area contributed by atoms with Crippen molar-refractivity contribution >= 4 is 29.7 Å². The second-order valence-electron chi connectivity index (χ2n) is 6.40. The predicted molar refractivity (Wildman–Crippen MR) is 95.9 cm³/mol. The van der Waals surface area contributed by atoms with Gasteiger partial charge in [-0.05, 0) is 23.3 Å². The molecule has 0 spiro atoms. The van der Waals surface area contributed by atoms with Crippen LogP contribution in [-0.2, 0) is 4.79 Å². The van der Waals surface area contributed by atoms with Gasteiger partial charge in [-0.25, -0.2) is 0 Å². The van der Waals surface area contributed by atoms with Crippen molar-refractivity contribution in [3.05, 3.63) is 65.2 Å². The summed E-state index contributed by atoms with van der Waals surface area (Å²) in [4.78, 5) is 26.6. The van der Waals surface area contributed by atoms with Gasteiger partial charge in [-0.1, -0.05) is 48.6 Å². The van der Waals surface area contributed by atoms with Gasteiger partial charge in [0.2, 0.25) is 5.91 Å². The molecule has 2 aromatic carbocycles. The maximum absolute atomic E-state index is 12.8. The molecule has 2 aromatic rings. The number of anilines is 1. The molecule has 2 aliphatic heterocycles. The number of rotatable bonds is 2. The highest BCUT2D eigenvalue weighted by atomic mass is 16.3. The van der Waals surface area contributed by atoms with E-state index in [0.29, 0.717) is 11.3 Å². The molecule has 2 heterocycles. The first-order chi connectivity index (χ1) is 12.1. The number of benzene rings is 2. The molecule has 2 atom stereocenters. The van der Waals surface area contributed by atoms with E-state index in [9.17, 15) is 14.7 Å². The van der Waals surface area contributed by atoms with Crippen LogP contribution >= 0.6 is 0 Å². The molecular weight excluding hydrogens is 316 g/mol. The molecule has 126 valence electrons. The minimum Gasteiger partial charge on any atom is -0.391 e. The molecule has 0 aromatic heterocycles. The highest BCUT2D eigenvalue weighted by molar-refractivity contribution is 6.10. The van der Waals surface area contributed by atoms with Gasteiger partial charge in [-0.15, -0.1) is 0 Å². The lowest BCUT2D eigenvalue weighted by Crippen LogP contribution is -2.40. The van der Waals surface area contributed by atoms with E-state index in [-0.39, 0.29) is 24.8 Å². The van der Waals surface area contributed by atoms with Gasteiger partial charge < -0.3 is 15.3 Å². The lowest BCUT2D eigenvalue weighted by Gasteiger charge is -2.19. The zero-order valence-corrected chi connectivity index (χ0v) is 13.6. The van der Waals surface area contributed by atoms with Crippen LogP contribution in [0.5, 0.6) is 0 Å². The minimum absolute atomic E-state index is 0.195. The quantitative estimate of drug-likeness (QED) is 0.829. The molecule has 4 rings (SSSR count). The van der Waals surface area contributed by atoms with Gasteiger partial charge >= 0.3 is 0 Å². The topological polar surface area (TPSA) is 69.6 Å². The third-order valence-corrected chi connectivity index (χ3v) is 4.64. The van der Waals surface area contributed by atoms with Crippen molar-refractivity contribution in [1.29, 1.82) is 0 Å². The monoisotopic (exact) mass is 334 g/mol. The Morgan fingerprint density at radius 1 is 1.04 bits per heavy atom. The van der Waals surface area contributed by atoms with E-state index in [1.165, 1.54) is 4.90 Å². The number of amides is 2. The molecule has 2 amide bonds. The zero-order chi connectivity index (χ0) is 17.4. The second-order valence-corrected chi connectivity index (χ2v) is 6.40. The minimum atomic E-state index is -0.651. The average molecular weight is 334 g/mol. The molecule has 5 nitrogen and oxygen atoms in total. The summed E-state index contributed by atoms with van der Waals surface area (Å²) in [5.74, 6) is -0.457. The van der Waals surface area contributed by atoms with Gasteiger partial charge in [0.1, 0.15) is 6.04 Å². The normalized spacial score (nSPS) is 22.5. The van der Waals surface area contributed by atoms with E-state index < -0.39 is 12.1 Å². The number of fused-ring (bicyclic) bond motifs is 2. The maximum atomic E-state index is 12.8. The van der Waals surface area contributed by atoms with Gasteiger partial charge in [-0.3, -0.25) is 9.59 Å². The molecule has 1 saturated heterocycles. The van der Waals surface area contributed by atoms with Crippen LogP contribution in [0, 0.1) is 0 Å². The summed E-state index contributed by atoms with van der Waals surface area (Å²) >= 11 is 0. The van der Waals surface area contributed by atoms with Crippen molar-refractivity contribution in [2.24, 2.45) is 0 Å². The highest BCUT2D eigenvalue weighted by Crippen LogP contribution is 2.30. The summed E-state index contributed by atoms with van der Waals surface area (Å²) in [5.41, 5.74) is 2.93. The fraction of sp³-hybridized carbons (Fsp3) is 0.200. The number of carbonyl (C=O) groups excluding carboxylic acids is 2. The Bertz CT molecular complexity index is 860. The molecule has 2 aliphatic rings. The summed E-state index contributed by atoms with van der Waals surface area (Å²) in [6, 6.07) is 14.7. The van der Waals surface area contributed by atoms with Crippen LogP contribution in [-0.4, -0.2) is 40.5 Å². The van der Waals surface area contributed by atoms with E-state index in [2.05, 4.69) is 5.32 Å². The van der Waals surface area contributed by atoms with E-state index in [1.54, 1.807) is 12.1 Å². The van der Waals surface area contributed by atoms with Crippen LogP contribution in [0.25, 0.3) is 12.2 Å². The van der Waals surface area contributed by atoms with Gasteiger partial charge in [0.05, 0.1) is 17.4 Å². The summed E-state index contributed by atoms with van der Waals surface area (Å²) in [7, 11) is 0. The highest BCUT2D eigenvalue weighted by Gasteiger charge is 2.42. The number of carbonyl (C=O) groups is 2. The Morgan fingerprint density at radius 3 is 2.60 bits per heavy atom. The van der Waals surface area contributed by atoms with Gasteiger partial charge in [0.15, 0.2) is 0 Å². The van der Waals surface area contributed by atoms with Crippen molar-refractivity contribution in [3.8, 4) is 0 Å². The second kappa shape index (κ2) is 6.18. The number of aliphatic hydroxyl groups excluding tert-OH is 1. The predicted octanol–water partition coefficient (Wildman–Crippen LogP) is 2.38. The SMILES string of the molecule is O=C1Nc2ccc(/C=C/c3ccccc3)cc2C(=O)N2C[C@H](O)C[C@@H]12. The van der Waals surface area contributed by atoms with Crippen molar-refractivity contribution in [2.75, 3.05) is 11.9 Å². The molecule has 0 saturated carbocycles. The number of nitrogens with one attached hydrogen (secondary N) is 1. The Morgan fingerprint density at radius 2 is 1.80 bits per heavy atom. The molecule has 0 radical (unpaired) electrons. The van der Waals surface area contributed by atoms with Crippen molar-refractivity contribution < 1.29 is 14.7 Å². The molecule has 1 fully saturated rings. The molecule has 0 aliphatic carbocycles. The fourth-order valence-electron chi connectivity index (χ4n) is 3.37. The first-order valence-electron chi connectivity index (χ1n) is 8.29. The number of nitrogens with zero attached hydrogens (tertiary/aromatic N) is 1. The van der Waals surface area contributed by atoms with Crippen LogP contribution in [0.2, 0.25) is 0 Å². The molecule has 2 N–H and O–H groups in total. The third-order valence-electron chi connectivity index (χ3n) is 4.64. The first-order valence-corrected chi connectivity index (χ1v) is 8.29. The van der Waals surface area contributed by atoms with Crippen LogP contribution in [0.4, 0.5) is 5.69 Å². The van der Waals surface area contributed by atoms with Gasteiger partial charge in [0, 0.05) is 13.0 Å². The van der Waals surface area contributed by atoms with Crippen LogP contribution in [0.3, 0.4) is 0 Å². The first kappa shape index (κ1) is 15.6. The Kier molecular flexibility index (Phi) is 3.86. The van der Waals surface area contributed by atoms with Crippen molar-refractivity contribution in [3.63, 3.8) is 0 Å². The van der Waals surface area contributed by atoms with E-state index in [4.69, 9.17) is 0 Å². The van der Waals surface area contributed by atoms with E-state index in [0.717, 1.165) is 11.1 Å². The zero-order valence-electron chi connectivity index (χ0n) is 13.6. The van der Waals surface area contributed by atoms with Crippen molar-refractivity contribution in [1.82, 2.24) is 4.90 Å². The maximum Gasteiger partial charge on any atom is 0.256 e. The lowest BCUT2D eigenvalue weighted by molar-refractivity contribution is -0.119. The Hall–Kier alpha value is -2.92. The lowest BCUT2D eigenvalue weighted by atomic mass is 10.1. The molecule has 0 unspecified atom stereocenters. The molecule has 25 heavy (non-hydrogen) atoms. The molecule has 0 bridgehead atoms. The van der Waals surface area contributed by atoms with Crippen LogP contribution < -0.4 is 5.32 Å². The summed E-state index contributed by atoms with van der Waals surface area (Å²) in [5, 5.41) is 12.6. The van der Waals surface area contributed by atoms with E-state index in [1.807, 2.05) is 48.6 Å². The van der Waals surface area contributed by atoms with Crippen molar-refractivity contribution in [2.45, 2.75) is 18.6 Å². The number of aliphatic hydroxyl groups is 1. The fourth-order valence-corrected chi connectivity index (χ4v) is 3.37. The average Bonchev–Trinajstić information content (AvgIpc) is 2.99. The largest absolute Gasteiger partial charge is 0.391 e. The standard InChI is InChI=1S/C20H18N2O3/c23-15-11-18-19(24)21-17-9-8-14(7-6-13-4-2-1-3-5-13)10-16(17)20(25)22(18)12-15/h1-10,15,18,23H,11-12H2,(H,21,24)/b7-6+/t15-,18+/m1/s1. The smallest absolute Gasteiger partial charge is 0.256 e. The summed E-state index contributed by atoms with van der Waals surface area (Å²) < 4.78 is 0. The summed E-state index contributed by atoms with van der Waals surface area (Å²) in [6.07, 6.45) is 3.55. The van der Waals surface area contributed by atoms with Gasteiger partial charge in [-0.2, -0.15) is 0 Å². The van der Waals surface area contributed by atoms with Crippen LogP contribution in [0.15, 0.2) is 48.5 Å². The third kappa shape index (κ3) is 2.94. The Labute approximate surface area is 145 Å². The summed E-state index contributed by atoms with van der Waals surface area (Å²) in [6.45, 7) is 0.195. The molecular formula is C20H18N2O3. The number of hydrogen-bond donors (Lipinski definition) is 2.